The molecule has 3 rings (SSSR count). The van der Waals surface area contributed by atoms with Crippen molar-refractivity contribution in [1.29, 1.82) is 0 Å². The molecule has 0 amide bonds. The van der Waals surface area contributed by atoms with E-state index >= 15 is 0 Å². The Morgan fingerprint density at radius 3 is 2.85 bits per heavy atom. The van der Waals surface area contributed by atoms with Gasteiger partial charge in [0.15, 0.2) is 0 Å². The number of nitrogens with zero attached hydrogens (tertiary/aromatic N) is 1. The van der Waals surface area contributed by atoms with Crippen molar-refractivity contribution in [1.82, 2.24) is 4.98 Å². The fraction of sp³-hybridized carbons (Fsp3) is 0.125. The maximum atomic E-state index is 11.5. The van der Waals surface area contributed by atoms with Gasteiger partial charge >= 0.3 is 5.97 Å². The van der Waals surface area contributed by atoms with Gasteiger partial charge in [-0.2, -0.15) is 0 Å². The molecule has 1 N–H and O–H groups in total. The van der Waals surface area contributed by atoms with E-state index in [2.05, 4.69) is 28.5 Å². The maximum absolute atomic E-state index is 11.5. The van der Waals surface area contributed by atoms with E-state index in [1.54, 1.807) is 12.3 Å². The Morgan fingerprint density at radius 1 is 1.30 bits per heavy atom. The molecule has 1 aromatic heterocycles. The van der Waals surface area contributed by atoms with Crippen molar-refractivity contribution in [3.05, 3.63) is 59.4 Å². The Balaban J connectivity index is 2.01. The molecule has 4 nitrogen and oxygen atoms in total. The topological polar surface area (TPSA) is 51.2 Å². The summed E-state index contributed by atoms with van der Waals surface area (Å²) in [6.45, 7) is 0.746. The number of aromatic nitrogens is 1. The van der Waals surface area contributed by atoms with Crippen LogP contribution in [0.3, 0.4) is 0 Å². The van der Waals surface area contributed by atoms with Crippen LogP contribution in [0.4, 0.5) is 5.69 Å². The molecule has 20 heavy (non-hydrogen) atoms. The number of hydrogen-bond donors (Lipinski definition) is 1. The van der Waals surface area contributed by atoms with E-state index in [4.69, 9.17) is 4.74 Å². The van der Waals surface area contributed by atoms with Gasteiger partial charge in [0.05, 0.1) is 19.0 Å². The van der Waals surface area contributed by atoms with Gasteiger partial charge in [0.2, 0.25) is 0 Å². The van der Waals surface area contributed by atoms with Gasteiger partial charge in [-0.3, -0.25) is 0 Å². The molecule has 0 atom stereocenters. The molecule has 1 aliphatic heterocycles. The summed E-state index contributed by atoms with van der Waals surface area (Å²) in [5.41, 5.74) is 4.55. The minimum absolute atomic E-state index is 0.318. The first-order valence-electron chi connectivity index (χ1n) is 6.36. The Kier molecular flexibility index (Phi) is 3.21. The average molecular weight is 266 g/mol. The van der Waals surface area contributed by atoms with Crippen molar-refractivity contribution in [2.45, 2.75) is 0 Å². The number of rotatable bonds is 2. The molecule has 100 valence electrons. The third-order valence-corrected chi connectivity index (χ3v) is 3.27. The molecule has 1 aromatic carbocycles. The van der Waals surface area contributed by atoms with E-state index < -0.39 is 5.97 Å². The second-order valence-electron chi connectivity index (χ2n) is 4.54. The Hall–Kier alpha value is -2.62. The van der Waals surface area contributed by atoms with E-state index in [0.29, 0.717) is 5.69 Å². The SMILES string of the molecule is COC(=O)c1cc2c(cn1)NCC(c1ccccc1)=C2. The number of carbonyl (C=O) groups excluding carboxylic acids is 1. The Labute approximate surface area is 117 Å². The third-order valence-electron chi connectivity index (χ3n) is 3.27. The molecular weight excluding hydrogens is 252 g/mol. The molecular formula is C16H14N2O2. The number of anilines is 1. The van der Waals surface area contributed by atoms with Crippen LogP contribution in [0.25, 0.3) is 11.6 Å². The van der Waals surface area contributed by atoms with Crippen molar-refractivity contribution >= 4 is 23.3 Å². The van der Waals surface area contributed by atoms with Gasteiger partial charge in [0.1, 0.15) is 5.69 Å². The first-order valence-corrected chi connectivity index (χ1v) is 6.36. The molecule has 0 fully saturated rings. The number of fused-ring (bicyclic) bond motifs is 1. The smallest absolute Gasteiger partial charge is 0.356 e. The predicted octanol–water partition coefficient (Wildman–Crippen LogP) is 2.83. The van der Waals surface area contributed by atoms with Crippen molar-refractivity contribution in [3.8, 4) is 0 Å². The van der Waals surface area contributed by atoms with Gasteiger partial charge in [0, 0.05) is 12.1 Å². The lowest BCUT2D eigenvalue weighted by Crippen LogP contribution is -2.12. The number of nitrogens with one attached hydrogen (secondary N) is 1. The lowest BCUT2D eigenvalue weighted by molar-refractivity contribution is 0.0594. The minimum Gasteiger partial charge on any atom is -0.464 e. The van der Waals surface area contributed by atoms with Crippen molar-refractivity contribution in [3.63, 3.8) is 0 Å². The molecule has 1 aliphatic rings. The van der Waals surface area contributed by atoms with E-state index in [1.807, 2.05) is 18.2 Å². The molecule has 0 aliphatic carbocycles. The first kappa shape index (κ1) is 12.4. The quantitative estimate of drug-likeness (QED) is 0.849. The standard InChI is InChI=1S/C16H14N2O2/c1-20-16(19)14-8-12-7-13(9-17-15(12)10-18-14)11-5-3-2-4-6-11/h2-8,10,17H,9H2,1H3. The summed E-state index contributed by atoms with van der Waals surface area (Å²) < 4.78 is 4.70. The summed E-state index contributed by atoms with van der Waals surface area (Å²) in [5.74, 6) is -0.423. The number of pyridine rings is 1. The monoisotopic (exact) mass is 266 g/mol. The summed E-state index contributed by atoms with van der Waals surface area (Å²) in [5, 5.41) is 3.31. The van der Waals surface area contributed by atoms with Crippen LogP contribution >= 0.6 is 0 Å². The van der Waals surface area contributed by atoms with Crippen LogP contribution < -0.4 is 5.32 Å². The average Bonchev–Trinajstić information content (AvgIpc) is 2.54. The van der Waals surface area contributed by atoms with Gasteiger partial charge in [-0.05, 0) is 23.3 Å². The molecule has 0 saturated heterocycles. The van der Waals surface area contributed by atoms with E-state index in [0.717, 1.165) is 17.8 Å². The van der Waals surface area contributed by atoms with Crippen LogP contribution in [0, 0.1) is 0 Å². The summed E-state index contributed by atoms with van der Waals surface area (Å²) in [6, 6.07) is 11.9. The van der Waals surface area contributed by atoms with Crippen molar-refractivity contribution < 1.29 is 9.53 Å². The van der Waals surface area contributed by atoms with Gasteiger partial charge in [-0.15, -0.1) is 0 Å². The lowest BCUT2D eigenvalue weighted by atomic mass is 9.99. The summed E-state index contributed by atoms with van der Waals surface area (Å²) in [6.07, 6.45) is 3.75. The first-order chi connectivity index (χ1) is 9.78. The third kappa shape index (κ3) is 2.28. The molecule has 0 bridgehead atoms. The molecule has 2 heterocycles. The van der Waals surface area contributed by atoms with E-state index in [-0.39, 0.29) is 0 Å². The highest BCUT2D eigenvalue weighted by atomic mass is 16.5. The van der Waals surface area contributed by atoms with Crippen molar-refractivity contribution in [2.24, 2.45) is 0 Å². The number of esters is 1. The molecule has 4 heteroatoms. The maximum Gasteiger partial charge on any atom is 0.356 e. The van der Waals surface area contributed by atoms with Gasteiger partial charge in [0.25, 0.3) is 0 Å². The normalized spacial score (nSPS) is 12.9. The van der Waals surface area contributed by atoms with E-state index in [9.17, 15) is 4.79 Å². The zero-order chi connectivity index (χ0) is 13.9. The largest absolute Gasteiger partial charge is 0.464 e. The second-order valence-corrected chi connectivity index (χ2v) is 4.54. The highest BCUT2D eigenvalue weighted by Gasteiger charge is 2.15. The van der Waals surface area contributed by atoms with Crippen LogP contribution in [0.1, 0.15) is 21.6 Å². The highest BCUT2D eigenvalue weighted by molar-refractivity contribution is 5.93. The Bertz CT molecular complexity index is 678. The van der Waals surface area contributed by atoms with Crippen molar-refractivity contribution in [2.75, 3.05) is 19.0 Å². The highest BCUT2D eigenvalue weighted by Crippen LogP contribution is 2.28. The number of benzene rings is 1. The zero-order valence-electron chi connectivity index (χ0n) is 11.1. The molecule has 0 radical (unpaired) electrons. The molecule has 0 unspecified atom stereocenters. The number of hydrogen-bond acceptors (Lipinski definition) is 4. The zero-order valence-corrected chi connectivity index (χ0v) is 11.1. The summed E-state index contributed by atoms with van der Waals surface area (Å²) >= 11 is 0. The second kappa shape index (κ2) is 5.17. The number of ether oxygens (including phenoxy) is 1. The van der Waals surface area contributed by atoms with Crippen LogP contribution in [-0.2, 0) is 4.74 Å². The summed E-state index contributed by atoms with van der Waals surface area (Å²) in [7, 11) is 1.35. The fourth-order valence-corrected chi connectivity index (χ4v) is 2.22. The molecule has 2 aromatic rings. The minimum atomic E-state index is -0.423. The van der Waals surface area contributed by atoms with Gasteiger partial charge in [-0.25, -0.2) is 9.78 Å². The number of carbonyl (C=O) groups is 1. The van der Waals surface area contributed by atoms with Crippen LogP contribution in [-0.4, -0.2) is 24.6 Å². The predicted molar refractivity (Wildman–Crippen MR) is 78.4 cm³/mol. The molecule has 0 saturated carbocycles. The van der Waals surface area contributed by atoms with Crippen LogP contribution in [0.2, 0.25) is 0 Å². The number of methoxy groups -OCH3 is 1. The summed E-state index contributed by atoms with van der Waals surface area (Å²) in [4.78, 5) is 15.6. The van der Waals surface area contributed by atoms with Crippen LogP contribution in [0.5, 0.6) is 0 Å². The lowest BCUT2D eigenvalue weighted by Gasteiger charge is -2.19. The van der Waals surface area contributed by atoms with Gasteiger partial charge in [-0.1, -0.05) is 30.3 Å². The Morgan fingerprint density at radius 2 is 2.10 bits per heavy atom. The van der Waals surface area contributed by atoms with Gasteiger partial charge < -0.3 is 10.1 Å². The fourth-order valence-electron chi connectivity index (χ4n) is 2.22. The van der Waals surface area contributed by atoms with Crippen LogP contribution in [0.15, 0.2) is 42.6 Å². The van der Waals surface area contributed by atoms with E-state index in [1.165, 1.54) is 18.2 Å². The molecule has 0 spiro atoms.